The smallest absolute Gasteiger partial charge is 0.272 e. The normalized spacial score (nSPS) is 15.1. The van der Waals surface area contributed by atoms with Crippen molar-refractivity contribution in [3.05, 3.63) is 64.3 Å². The van der Waals surface area contributed by atoms with Crippen molar-refractivity contribution in [1.82, 2.24) is 9.88 Å². The van der Waals surface area contributed by atoms with Crippen LogP contribution in [0, 0.1) is 20.8 Å². The number of amides is 1. The summed E-state index contributed by atoms with van der Waals surface area (Å²) in [5.74, 6) is 2.34. The molecule has 4 rings (SSSR count). The van der Waals surface area contributed by atoms with Gasteiger partial charge in [-0.1, -0.05) is 18.2 Å². The maximum atomic E-state index is 12.8. The average molecular weight is 394 g/mol. The van der Waals surface area contributed by atoms with E-state index in [1.165, 1.54) is 28.2 Å². The van der Waals surface area contributed by atoms with Gasteiger partial charge in [0, 0.05) is 47.7 Å². The van der Waals surface area contributed by atoms with Gasteiger partial charge in [-0.2, -0.15) is 11.8 Å². The molecule has 0 bridgehead atoms. The fourth-order valence-electron chi connectivity index (χ4n) is 3.89. The predicted molar refractivity (Wildman–Crippen MR) is 120 cm³/mol. The molecule has 1 aliphatic heterocycles. The Morgan fingerprint density at radius 1 is 1.07 bits per heavy atom. The number of fused-ring (bicyclic) bond motifs is 1. The van der Waals surface area contributed by atoms with E-state index in [-0.39, 0.29) is 5.91 Å². The highest BCUT2D eigenvalue weighted by atomic mass is 32.2. The first-order valence-electron chi connectivity index (χ1n) is 9.80. The first-order valence-corrected chi connectivity index (χ1v) is 11.0. The van der Waals surface area contributed by atoms with Crippen molar-refractivity contribution in [2.24, 2.45) is 0 Å². The number of aromatic nitrogens is 1. The first-order chi connectivity index (χ1) is 13.5. The Morgan fingerprint density at radius 3 is 2.61 bits per heavy atom. The van der Waals surface area contributed by atoms with Crippen molar-refractivity contribution in [3.8, 4) is 0 Å². The van der Waals surface area contributed by atoms with E-state index in [2.05, 4.69) is 60.2 Å². The lowest BCUT2D eigenvalue weighted by Crippen LogP contribution is -2.31. The van der Waals surface area contributed by atoms with E-state index in [1.54, 1.807) is 0 Å². The van der Waals surface area contributed by atoms with Crippen LogP contribution in [-0.2, 0) is 6.54 Å². The van der Waals surface area contributed by atoms with Crippen LogP contribution in [0.15, 0.2) is 36.4 Å². The number of hydrogen-bond acceptors (Lipinski definition) is 3. The molecule has 0 radical (unpaired) electrons. The summed E-state index contributed by atoms with van der Waals surface area (Å²) in [5, 5.41) is 4.16. The van der Waals surface area contributed by atoms with Gasteiger partial charge in [0.25, 0.3) is 5.91 Å². The molecule has 1 saturated heterocycles. The highest BCUT2D eigenvalue weighted by Crippen LogP contribution is 2.23. The van der Waals surface area contributed by atoms with Crippen LogP contribution < -0.4 is 5.32 Å². The Kier molecular flexibility index (Phi) is 5.47. The van der Waals surface area contributed by atoms with Crippen LogP contribution in [0.1, 0.15) is 32.7 Å². The monoisotopic (exact) mass is 393 g/mol. The molecule has 0 saturated carbocycles. The molecule has 28 heavy (non-hydrogen) atoms. The van der Waals surface area contributed by atoms with E-state index in [0.29, 0.717) is 5.69 Å². The van der Waals surface area contributed by atoms with Gasteiger partial charge < -0.3 is 10.3 Å². The maximum Gasteiger partial charge on any atom is 0.272 e. The quantitative estimate of drug-likeness (QED) is 0.663. The van der Waals surface area contributed by atoms with Crippen molar-refractivity contribution in [2.45, 2.75) is 27.3 Å². The van der Waals surface area contributed by atoms with Crippen LogP contribution in [0.5, 0.6) is 0 Å². The molecule has 0 atom stereocenters. The second-order valence-electron chi connectivity index (χ2n) is 7.72. The molecule has 1 amide bonds. The molecule has 0 aliphatic carbocycles. The molecule has 1 aromatic heterocycles. The van der Waals surface area contributed by atoms with E-state index >= 15 is 0 Å². The molecule has 1 fully saturated rings. The number of hydrogen-bond donors (Lipinski definition) is 2. The number of aromatic amines is 1. The van der Waals surface area contributed by atoms with Gasteiger partial charge >= 0.3 is 0 Å². The molecule has 0 spiro atoms. The van der Waals surface area contributed by atoms with E-state index < -0.39 is 0 Å². The lowest BCUT2D eigenvalue weighted by molar-refractivity contribution is 0.102. The third-order valence-corrected chi connectivity index (χ3v) is 6.33. The molecular weight excluding hydrogens is 366 g/mol. The van der Waals surface area contributed by atoms with Gasteiger partial charge in [0.15, 0.2) is 0 Å². The highest BCUT2D eigenvalue weighted by Gasteiger charge is 2.14. The molecule has 2 N–H and O–H groups in total. The second-order valence-corrected chi connectivity index (χ2v) is 8.94. The van der Waals surface area contributed by atoms with Gasteiger partial charge in [-0.3, -0.25) is 9.69 Å². The minimum absolute atomic E-state index is 0.0999. The largest absolute Gasteiger partial charge is 0.351 e. The number of benzene rings is 2. The molecule has 0 unspecified atom stereocenters. The standard InChI is InChI=1S/C23H27N3OS/c1-15-10-16(2)19-13-22(24-21(19)11-15)23(27)25-20-5-4-18(12-17(20)3)14-26-6-8-28-9-7-26/h4-5,10-13,24H,6-9,14H2,1-3H3,(H,25,27). The summed E-state index contributed by atoms with van der Waals surface area (Å²) < 4.78 is 0. The zero-order chi connectivity index (χ0) is 19.7. The predicted octanol–water partition coefficient (Wildman–Crippen LogP) is 4.89. The number of nitrogens with one attached hydrogen (secondary N) is 2. The number of aryl methyl sites for hydroxylation is 3. The van der Waals surface area contributed by atoms with Crippen LogP contribution in [0.4, 0.5) is 5.69 Å². The van der Waals surface area contributed by atoms with Gasteiger partial charge in [-0.05, 0) is 61.2 Å². The Balaban J connectivity index is 1.49. The Bertz CT molecular complexity index is 1020. The van der Waals surface area contributed by atoms with Gasteiger partial charge in [0.05, 0.1) is 0 Å². The van der Waals surface area contributed by atoms with E-state index in [4.69, 9.17) is 0 Å². The van der Waals surface area contributed by atoms with Gasteiger partial charge in [-0.15, -0.1) is 0 Å². The molecule has 146 valence electrons. The van der Waals surface area contributed by atoms with E-state index in [0.717, 1.165) is 41.8 Å². The Hall–Kier alpha value is -2.24. The lowest BCUT2D eigenvalue weighted by Gasteiger charge is -2.26. The zero-order valence-corrected chi connectivity index (χ0v) is 17.6. The zero-order valence-electron chi connectivity index (χ0n) is 16.8. The van der Waals surface area contributed by atoms with E-state index in [1.807, 2.05) is 23.9 Å². The third kappa shape index (κ3) is 4.10. The number of thioether (sulfide) groups is 1. The Morgan fingerprint density at radius 2 is 1.86 bits per heavy atom. The molecule has 5 heteroatoms. The third-order valence-electron chi connectivity index (χ3n) is 5.38. The summed E-state index contributed by atoms with van der Waals surface area (Å²) >= 11 is 2.03. The topological polar surface area (TPSA) is 48.1 Å². The minimum atomic E-state index is -0.0999. The number of carbonyl (C=O) groups is 1. The van der Waals surface area contributed by atoms with Crippen LogP contribution in [0.3, 0.4) is 0 Å². The van der Waals surface area contributed by atoms with Crippen molar-refractivity contribution in [3.63, 3.8) is 0 Å². The van der Waals surface area contributed by atoms with Crippen molar-refractivity contribution in [1.29, 1.82) is 0 Å². The van der Waals surface area contributed by atoms with Crippen LogP contribution in [0.25, 0.3) is 10.9 Å². The average Bonchev–Trinajstić information content (AvgIpc) is 3.09. The van der Waals surface area contributed by atoms with Crippen LogP contribution in [0.2, 0.25) is 0 Å². The summed E-state index contributed by atoms with van der Waals surface area (Å²) in [5.41, 5.74) is 7.25. The number of carbonyl (C=O) groups excluding carboxylic acids is 1. The fourth-order valence-corrected chi connectivity index (χ4v) is 4.87. The number of rotatable bonds is 4. The molecule has 3 aromatic rings. The SMILES string of the molecule is Cc1cc(C)c2cc(C(=O)Nc3ccc(CN4CCSCC4)cc3C)[nH]c2c1. The van der Waals surface area contributed by atoms with Crippen molar-refractivity contribution in [2.75, 3.05) is 29.9 Å². The van der Waals surface area contributed by atoms with Crippen molar-refractivity contribution >= 4 is 34.3 Å². The first kappa shape index (κ1) is 19.1. The summed E-state index contributed by atoms with van der Waals surface area (Å²) in [6.07, 6.45) is 0. The second kappa shape index (κ2) is 8.02. The number of H-pyrrole nitrogens is 1. The highest BCUT2D eigenvalue weighted by molar-refractivity contribution is 7.99. The van der Waals surface area contributed by atoms with Gasteiger partial charge in [-0.25, -0.2) is 0 Å². The maximum absolute atomic E-state index is 12.8. The lowest BCUT2D eigenvalue weighted by atomic mass is 10.1. The Labute approximate surface area is 170 Å². The fraction of sp³-hybridized carbons (Fsp3) is 0.348. The van der Waals surface area contributed by atoms with Gasteiger partial charge in [0.1, 0.15) is 5.69 Å². The molecule has 2 heterocycles. The van der Waals surface area contributed by atoms with E-state index in [9.17, 15) is 4.79 Å². The molecule has 1 aliphatic rings. The summed E-state index contributed by atoms with van der Waals surface area (Å²) in [7, 11) is 0. The summed E-state index contributed by atoms with van der Waals surface area (Å²) in [6.45, 7) is 9.50. The minimum Gasteiger partial charge on any atom is -0.351 e. The summed E-state index contributed by atoms with van der Waals surface area (Å²) in [6, 6.07) is 12.5. The van der Waals surface area contributed by atoms with Crippen molar-refractivity contribution < 1.29 is 4.79 Å². The molecule has 2 aromatic carbocycles. The number of nitrogens with zero attached hydrogens (tertiary/aromatic N) is 1. The molecule has 4 nitrogen and oxygen atoms in total. The number of anilines is 1. The molecular formula is C23H27N3OS. The van der Waals surface area contributed by atoms with Crippen LogP contribution in [-0.4, -0.2) is 40.4 Å². The van der Waals surface area contributed by atoms with Crippen LogP contribution >= 0.6 is 11.8 Å². The summed E-state index contributed by atoms with van der Waals surface area (Å²) in [4.78, 5) is 18.5. The van der Waals surface area contributed by atoms with Gasteiger partial charge in [0.2, 0.25) is 0 Å².